The molecular weight excluding hydrogens is 518 g/mol. The molecule has 1 unspecified atom stereocenters. The quantitative estimate of drug-likeness (QED) is 0.230. The number of aryl methyl sites for hydroxylation is 2. The minimum absolute atomic E-state index is 0.195. The van der Waals surface area contributed by atoms with Crippen LogP contribution < -0.4 is 5.46 Å². The van der Waals surface area contributed by atoms with E-state index < -0.39 is 0 Å². The SMILES string of the molecule is COCCCn1c(C2CCCN(C(=O)CCCc3ccc(B4OC(C)(C)C(C)(C)O4)cc3)C2)cc2cccc(F)c21. The second-order valence-electron chi connectivity index (χ2n) is 12.6. The standard InChI is InChI=1S/C33H44BFN2O4/c1-32(2)33(3,4)41-34(40-32)27-17-15-24(16-18-27)10-6-14-30(38)36-19-8-12-26(23-36)29-22-25-11-7-13-28(35)31(25)37(29)20-9-21-39-5/h7,11,13,15-18,22,26H,6,8-10,12,14,19-21,23H2,1-5H3. The monoisotopic (exact) mass is 562 g/mol. The highest BCUT2D eigenvalue weighted by molar-refractivity contribution is 6.62. The number of carbonyl (C=O) groups excluding carboxylic acids is 1. The van der Waals surface area contributed by atoms with Crippen molar-refractivity contribution in [3.05, 3.63) is 65.6 Å². The van der Waals surface area contributed by atoms with Crippen molar-refractivity contribution in [2.24, 2.45) is 0 Å². The number of piperidine rings is 1. The van der Waals surface area contributed by atoms with E-state index in [1.165, 1.54) is 11.6 Å². The van der Waals surface area contributed by atoms with Gasteiger partial charge in [-0.2, -0.15) is 0 Å². The largest absolute Gasteiger partial charge is 0.494 e. The predicted molar refractivity (Wildman–Crippen MR) is 162 cm³/mol. The lowest BCUT2D eigenvalue weighted by molar-refractivity contribution is -0.132. The number of fused-ring (bicyclic) bond motifs is 1. The van der Waals surface area contributed by atoms with Gasteiger partial charge in [-0.3, -0.25) is 4.79 Å². The zero-order chi connectivity index (χ0) is 29.2. The average Bonchev–Trinajstić information content (AvgIpc) is 3.43. The van der Waals surface area contributed by atoms with Crippen molar-refractivity contribution in [3.8, 4) is 0 Å². The van der Waals surface area contributed by atoms with E-state index in [9.17, 15) is 9.18 Å². The van der Waals surface area contributed by atoms with Crippen LogP contribution in [0.1, 0.15) is 77.0 Å². The molecule has 0 aliphatic carbocycles. The van der Waals surface area contributed by atoms with Crippen molar-refractivity contribution in [1.82, 2.24) is 9.47 Å². The fourth-order valence-electron chi connectivity index (χ4n) is 6.11. The minimum atomic E-state index is -0.363. The Morgan fingerprint density at radius 3 is 2.51 bits per heavy atom. The van der Waals surface area contributed by atoms with Crippen LogP contribution in [0.3, 0.4) is 0 Å². The van der Waals surface area contributed by atoms with Crippen molar-refractivity contribution in [2.45, 2.75) is 89.9 Å². The van der Waals surface area contributed by atoms with Crippen LogP contribution in [0.5, 0.6) is 0 Å². The molecule has 0 spiro atoms. The molecule has 6 nitrogen and oxygen atoms in total. The molecule has 1 aromatic heterocycles. The van der Waals surface area contributed by atoms with Crippen molar-refractivity contribution >= 4 is 29.4 Å². The average molecular weight is 563 g/mol. The van der Waals surface area contributed by atoms with E-state index in [-0.39, 0.29) is 36.0 Å². The zero-order valence-electron chi connectivity index (χ0n) is 25.2. The van der Waals surface area contributed by atoms with Gasteiger partial charge in [0.1, 0.15) is 5.82 Å². The molecule has 220 valence electrons. The van der Waals surface area contributed by atoms with Gasteiger partial charge in [0.25, 0.3) is 0 Å². The summed E-state index contributed by atoms with van der Waals surface area (Å²) in [5.41, 5.74) is 3.29. The van der Waals surface area contributed by atoms with Gasteiger partial charge >= 0.3 is 7.12 Å². The summed E-state index contributed by atoms with van der Waals surface area (Å²) in [5, 5.41) is 0.922. The first-order chi connectivity index (χ1) is 19.6. The summed E-state index contributed by atoms with van der Waals surface area (Å²) >= 11 is 0. The lowest BCUT2D eigenvalue weighted by atomic mass is 9.78. The zero-order valence-corrected chi connectivity index (χ0v) is 25.2. The Kier molecular flexibility index (Phi) is 8.93. The smallest absolute Gasteiger partial charge is 0.399 e. The molecule has 0 radical (unpaired) electrons. The third-order valence-electron chi connectivity index (χ3n) is 9.19. The van der Waals surface area contributed by atoms with Gasteiger partial charge in [-0.1, -0.05) is 36.4 Å². The van der Waals surface area contributed by atoms with Crippen LogP contribution in [0.4, 0.5) is 4.39 Å². The highest BCUT2D eigenvalue weighted by Crippen LogP contribution is 2.37. The van der Waals surface area contributed by atoms with Crippen LogP contribution in [0.25, 0.3) is 10.9 Å². The number of hydrogen-bond donors (Lipinski definition) is 0. The van der Waals surface area contributed by atoms with E-state index >= 15 is 0 Å². The molecule has 5 rings (SSSR count). The number of amides is 1. The van der Waals surface area contributed by atoms with Gasteiger partial charge in [0.2, 0.25) is 5.91 Å². The number of hydrogen-bond acceptors (Lipinski definition) is 4. The maximum Gasteiger partial charge on any atom is 0.494 e. The molecule has 2 fully saturated rings. The van der Waals surface area contributed by atoms with E-state index in [0.717, 1.165) is 55.2 Å². The van der Waals surface area contributed by atoms with E-state index in [4.69, 9.17) is 14.0 Å². The normalized spacial score (nSPS) is 20.2. The van der Waals surface area contributed by atoms with Gasteiger partial charge in [0.05, 0.1) is 16.7 Å². The van der Waals surface area contributed by atoms with E-state index in [1.807, 2.05) is 11.0 Å². The molecule has 2 aliphatic rings. The molecule has 2 aliphatic heterocycles. The summed E-state index contributed by atoms with van der Waals surface area (Å²) in [6.07, 6.45) is 4.95. The molecule has 0 N–H and O–H groups in total. The van der Waals surface area contributed by atoms with Gasteiger partial charge < -0.3 is 23.5 Å². The number of para-hydroxylation sites is 1. The molecule has 2 saturated heterocycles. The summed E-state index contributed by atoms with van der Waals surface area (Å²) in [6, 6.07) is 15.8. The third-order valence-corrected chi connectivity index (χ3v) is 9.19. The van der Waals surface area contributed by atoms with E-state index in [0.29, 0.717) is 31.6 Å². The first-order valence-corrected chi connectivity index (χ1v) is 15.1. The number of likely N-dealkylation sites (tertiary alicyclic amines) is 1. The van der Waals surface area contributed by atoms with Gasteiger partial charge in [-0.25, -0.2) is 4.39 Å². The molecule has 41 heavy (non-hydrogen) atoms. The summed E-state index contributed by atoms with van der Waals surface area (Å²) in [4.78, 5) is 15.3. The Bertz CT molecular complexity index is 1340. The Labute approximate surface area is 244 Å². The van der Waals surface area contributed by atoms with E-state index in [2.05, 4.69) is 62.6 Å². The van der Waals surface area contributed by atoms with Crippen LogP contribution >= 0.6 is 0 Å². The lowest BCUT2D eigenvalue weighted by Gasteiger charge is -2.33. The third kappa shape index (κ3) is 6.40. The molecule has 1 atom stereocenters. The number of ether oxygens (including phenoxy) is 1. The number of aromatic nitrogens is 1. The summed E-state index contributed by atoms with van der Waals surface area (Å²) in [5.74, 6) is 0.209. The Balaban J connectivity index is 1.17. The molecule has 2 aromatic carbocycles. The highest BCUT2D eigenvalue weighted by atomic mass is 19.1. The topological polar surface area (TPSA) is 52.9 Å². The Morgan fingerprint density at radius 1 is 1.07 bits per heavy atom. The summed E-state index contributed by atoms with van der Waals surface area (Å²) in [7, 11) is 1.33. The molecule has 0 bridgehead atoms. The van der Waals surface area contributed by atoms with Gasteiger partial charge in [-0.15, -0.1) is 0 Å². The number of nitrogens with zero attached hydrogens (tertiary/aromatic N) is 2. The fraction of sp³-hybridized carbons (Fsp3) is 0.545. The number of methoxy groups -OCH3 is 1. The van der Waals surface area contributed by atoms with Crippen LogP contribution in [-0.2, 0) is 31.8 Å². The molecular formula is C33H44BFN2O4. The predicted octanol–water partition coefficient (Wildman–Crippen LogP) is 5.85. The van der Waals surface area contributed by atoms with Crippen LogP contribution in [0, 0.1) is 5.82 Å². The number of halogens is 1. The molecule has 3 heterocycles. The van der Waals surface area contributed by atoms with Crippen molar-refractivity contribution in [2.75, 3.05) is 26.8 Å². The summed E-state index contributed by atoms with van der Waals surface area (Å²) in [6.45, 7) is 11.0. The van der Waals surface area contributed by atoms with Gasteiger partial charge in [-0.05, 0) is 83.0 Å². The first kappa shape index (κ1) is 29.8. The van der Waals surface area contributed by atoms with E-state index in [1.54, 1.807) is 13.2 Å². The van der Waals surface area contributed by atoms with Crippen molar-refractivity contribution < 1.29 is 23.2 Å². The number of rotatable bonds is 10. The number of benzene rings is 2. The van der Waals surface area contributed by atoms with Crippen LogP contribution in [0.2, 0.25) is 0 Å². The van der Waals surface area contributed by atoms with Crippen molar-refractivity contribution in [1.29, 1.82) is 0 Å². The van der Waals surface area contributed by atoms with Crippen LogP contribution in [0.15, 0.2) is 48.5 Å². The lowest BCUT2D eigenvalue weighted by Crippen LogP contribution is -2.41. The molecule has 0 saturated carbocycles. The maximum absolute atomic E-state index is 14.9. The maximum atomic E-state index is 14.9. The van der Waals surface area contributed by atoms with Crippen LogP contribution in [-0.4, -0.2) is 60.5 Å². The highest BCUT2D eigenvalue weighted by Gasteiger charge is 2.51. The molecule has 3 aromatic rings. The van der Waals surface area contributed by atoms with Gasteiger partial charge in [0, 0.05) is 56.8 Å². The second-order valence-corrected chi connectivity index (χ2v) is 12.6. The van der Waals surface area contributed by atoms with Gasteiger partial charge in [0.15, 0.2) is 0 Å². The fourth-order valence-corrected chi connectivity index (χ4v) is 6.11. The molecule has 1 amide bonds. The Morgan fingerprint density at radius 2 is 1.80 bits per heavy atom. The van der Waals surface area contributed by atoms with Crippen molar-refractivity contribution in [3.63, 3.8) is 0 Å². The number of carbonyl (C=O) groups is 1. The minimum Gasteiger partial charge on any atom is -0.399 e. The second kappa shape index (κ2) is 12.3. The Hall–Kier alpha value is -2.68. The molecule has 8 heteroatoms. The first-order valence-electron chi connectivity index (χ1n) is 15.1. The summed E-state index contributed by atoms with van der Waals surface area (Å²) < 4.78 is 34.6.